The molecule has 25 heavy (non-hydrogen) atoms. The quantitative estimate of drug-likeness (QED) is 0.436. The Kier molecular flexibility index (Phi) is 8.27. The zero-order valence-electron chi connectivity index (χ0n) is 14.7. The van der Waals surface area contributed by atoms with Crippen LogP contribution in [0.4, 0.5) is 4.79 Å². The van der Waals surface area contributed by atoms with E-state index in [2.05, 4.69) is 28.6 Å². The second-order valence-electron chi connectivity index (χ2n) is 6.33. The third-order valence-electron chi connectivity index (χ3n) is 2.90. The zero-order valence-corrected chi connectivity index (χ0v) is 15.6. The van der Waals surface area contributed by atoms with Crippen molar-refractivity contribution in [3.05, 3.63) is 29.8 Å². The summed E-state index contributed by atoms with van der Waals surface area (Å²) in [5.41, 5.74) is -0.0962. The van der Waals surface area contributed by atoms with Crippen molar-refractivity contribution in [3.63, 3.8) is 0 Å². The number of carbonyl (C=O) groups excluding carboxylic acids is 3. The van der Waals surface area contributed by atoms with Gasteiger partial charge in [-0.15, -0.1) is 12.6 Å². The topological polar surface area (TPSA) is 96.5 Å². The fourth-order valence-corrected chi connectivity index (χ4v) is 2.07. The first-order valence-corrected chi connectivity index (χ1v) is 8.43. The van der Waals surface area contributed by atoms with Crippen molar-refractivity contribution in [2.24, 2.45) is 0 Å². The molecule has 0 radical (unpaired) electrons. The van der Waals surface area contributed by atoms with Gasteiger partial charge >= 0.3 is 6.09 Å². The van der Waals surface area contributed by atoms with E-state index in [-0.39, 0.29) is 18.4 Å². The van der Waals surface area contributed by atoms with Crippen LogP contribution in [0.3, 0.4) is 0 Å². The molecule has 0 heterocycles. The second-order valence-corrected chi connectivity index (χ2v) is 6.81. The highest BCUT2D eigenvalue weighted by molar-refractivity contribution is 7.80. The Hall–Kier alpha value is -2.22. The van der Waals surface area contributed by atoms with Crippen molar-refractivity contribution in [1.82, 2.24) is 16.0 Å². The lowest BCUT2D eigenvalue weighted by molar-refractivity contribution is -0.120. The van der Waals surface area contributed by atoms with Crippen molar-refractivity contribution in [1.29, 1.82) is 0 Å². The van der Waals surface area contributed by atoms with Crippen molar-refractivity contribution >= 4 is 30.5 Å². The van der Waals surface area contributed by atoms with Crippen LogP contribution in [0.15, 0.2) is 29.2 Å². The standard InChI is InChI=1S/C17H25N3O4S/c1-17(2,3)24-16(23)20-11-14(21)18-9-6-10-19-15(22)12-7-4-5-8-13(12)25/h4-5,7-8,25H,6,9-11H2,1-3H3,(H,18,21)(H,19,22)(H,20,23). The molecule has 0 unspecified atom stereocenters. The third-order valence-corrected chi connectivity index (χ3v) is 3.29. The van der Waals surface area contributed by atoms with Gasteiger partial charge in [-0.3, -0.25) is 9.59 Å². The maximum Gasteiger partial charge on any atom is 0.408 e. The smallest absolute Gasteiger partial charge is 0.408 e. The second kappa shape index (κ2) is 9.93. The number of nitrogens with one attached hydrogen (secondary N) is 3. The summed E-state index contributed by atoms with van der Waals surface area (Å²) >= 11 is 4.23. The summed E-state index contributed by atoms with van der Waals surface area (Å²) in [7, 11) is 0. The molecule has 0 aliphatic carbocycles. The minimum absolute atomic E-state index is 0.158. The van der Waals surface area contributed by atoms with E-state index in [4.69, 9.17) is 4.74 Å². The van der Waals surface area contributed by atoms with Gasteiger partial charge in [0, 0.05) is 18.0 Å². The SMILES string of the molecule is CC(C)(C)OC(=O)NCC(=O)NCCCNC(=O)c1ccccc1S. The molecule has 0 aromatic heterocycles. The zero-order chi connectivity index (χ0) is 18.9. The van der Waals surface area contributed by atoms with E-state index < -0.39 is 11.7 Å². The Morgan fingerprint density at radius 3 is 2.32 bits per heavy atom. The number of amides is 3. The minimum atomic E-state index is -0.639. The van der Waals surface area contributed by atoms with Gasteiger partial charge in [0.1, 0.15) is 5.60 Å². The molecule has 8 heteroatoms. The van der Waals surface area contributed by atoms with E-state index in [9.17, 15) is 14.4 Å². The molecule has 0 aliphatic rings. The molecular formula is C17H25N3O4S. The summed E-state index contributed by atoms with van der Waals surface area (Å²) in [6.07, 6.45) is -0.0705. The first-order chi connectivity index (χ1) is 11.7. The maximum absolute atomic E-state index is 11.9. The molecule has 3 amide bonds. The van der Waals surface area contributed by atoms with Gasteiger partial charge in [-0.25, -0.2) is 4.79 Å². The first-order valence-electron chi connectivity index (χ1n) is 7.99. The van der Waals surface area contributed by atoms with E-state index in [0.29, 0.717) is 30.0 Å². The van der Waals surface area contributed by atoms with Crippen LogP contribution in [0.1, 0.15) is 37.6 Å². The monoisotopic (exact) mass is 367 g/mol. The number of rotatable bonds is 7. The Bertz CT molecular complexity index is 614. The largest absolute Gasteiger partial charge is 0.444 e. The van der Waals surface area contributed by atoms with Gasteiger partial charge < -0.3 is 20.7 Å². The van der Waals surface area contributed by atoms with E-state index in [1.54, 1.807) is 45.0 Å². The van der Waals surface area contributed by atoms with Gasteiger partial charge in [0.2, 0.25) is 5.91 Å². The molecule has 0 atom stereocenters. The molecule has 0 saturated carbocycles. The lowest BCUT2D eigenvalue weighted by Crippen LogP contribution is -2.40. The highest BCUT2D eigenvalue weighted by Gasteiger charge is 2.16. The van der Waals surface area contributed by atoms with Crippen LogP contribution in [-0.4, -0.2) is 43.1 Å². The van der Waals surface area contributed by atoms with E-state index in [0.717, 1.165) is 0 Å². The van der Waals surface area contributed by atoms with E-state index >= 15 is 0 Å². The molecule has 0 bridgehead atoms. The minimum Gasteiger partial charge on any atom is -0.444 e. The molecule has 1 aromatic rings. The number of alkyl carbamates (subject to hydrolysis) is 1. The number of thiol groups is 1. The predicted molar refractivity (Wildman–Crippen MR) is 97.9 cm³/mol. The molecule has 7 nitrogen and oxygen atoms in total. The lowest BCUT2D eigenvalue weighted by Gasteiger charge is -2.19. The van der Waals surface area contributed by atoms with E-state index in [1.165, 1.54) is 0 Å². The summed E-state index contributed by atoms with van der Waals surface area (Å²) in [5, 5.41) is 7.79. The van der Waals surface area contributed by atoms with Gasteiger partial charge in [0.15, 0.2) is 0 Å². The van der Waals surface area contributed by atoms with Crippen LogP contribution in [-0.2, 0) is 9.53 Å². The number of hydrogen-bond donors (Lipinski definition) is 4. The molecule has 0 saturated heterocycles. The predicted octanol–water partition coefficient (Wildman–Crippen LogP) is 1.74. The summed E-state index contributed by atoms with van der Waals surface area (Å²) in [6.45, 7) is 5.87. The molecular weight excluding hydrogens is 342 g/mol. The summed E-state index contributed by atoms with van der Waals surface area (Å²) in [6, 6.07) is 7.02. The van der Waals surface area contributed by atoms with Crippen LogP contribution >= 0.6 is 12.6 Å². The molecule has 0 aliphatic heterocycles. The highest BCUT2D eigenvalue weighted by atomic mass is 32.1. The molecule has 1 aromatic carbocycles. The summed E-state index contributed by atoms with van der Waals surface area (Å²) < 4.78 is 5.03. The van der Waals surface area contributed by atoms with Crippen LogP contribution in [0.5, 0.6) is 0 Å². The van der Waals surface area contributed by atoms with Crippen molar-refractivity contribution in [2.45, 2.75) is 37.7 Å². The van der Waals surface area contributed by atoms with Crippen molar-refractivity contribution < 1.29 is 19.1 Å². The third kappa shape index (κ3) is 8.99. The Morgan fingerprint density at radius 1 is 1.04 bits per heavy atom. The first kappa shape index (κ1) is 20.8. The van der Waals surface area contributed by atoms with Gasteiger partial charge in [0.25, 0.3) is 5.91 Å². The van der Waals surface area contributed by atoms with Crippen LogP contribution in [0.25, 0.3) is 0 Å². The average Bonchev–Trinajstić information content (AvgIpc) is 2.51. The number of carbonyl (C=O) groups is 3. The van der Waals surface area contributed by atoms with Gasteiger partial charge in [-0.2, -0.15) is 0 Å². The van der Waals surface area contributed by atoms with Crippen molar-refractivity contribution in [2.75, 3.05) is 19.6 Å². The van der Waals surface area contributed by atoms with Crippen LogP contribution in [0.2, 0.25) is 0 Å². The fourth-order valence-electron chi connectivity index (χ4n) is 1.81. The molecule has 0 fully saturated rings. The molecule has 3 N–H and O–H groups in total. The Labute approximate surface area is 153 Å². The summed E-state index contributed by atoms with van der Waals surface area (Å²) in [5.74, 6) is -0.526. The van der Waals surface area contributed by atoms with Gasteiger partial charge in [0.05, 0.1) is 12.1 Å². The highest BCUT2D eigenvalue weighted by Crippen LogP contribution is 2.12. The van der Waals surface area contributed by atoms with E-state index in [1.807, 2.05) is 0 Å². The lowest BCUT2D eigenvalue weighted by atomic mass is 10.2. The van der Waals surface area contributed by atoms with Crippen LogP contribution in [0, 0.1) is 0 Å². The van der Waals surface area contributed by atoms with Gasteiger partial charge in [-0.1, -0.05) is 12.1 Å². The van der Waals surface area contributed by atoms with Crippen molar-refractivity contribution in [3.8, 4) is 0 Å². The van der Waals surface area contributed by atoms with Gasteiger partial charge in [-0.05, 0) is 39.3 Å². The normalized spacial score (nSPS) is 10.7. The molecule has 0 spiro atoms. The average molecular weight is 367 g/mol. The fraction of sp³-hybridized carbons (Fsp3) is 0.471. The Balaban J connectivity index is 2.15. The number of benzene rings is 1. The summed E-state index contributed by atoms with van der Waals surface area (Å²) in [4.78, 5) is 35.6. The maximum atomic E-state index is 11.9. The molecule has 138 valence electrons. The molecule has 1 rings (SSSR count). The number of hydrogen-bond acceptors (Lipinski definition) is 5. The Morgan fingerprint density at radius 2 is 1.68 bits per heavy atom. The number of ether oxygens (including phenoxy) is 1. The van der Waals surface area contributed by atoms with Crippen LogP contribution < -0.4 is 16.0 Å².